The van der Waals surface area contributed by atoms with Gasteiger partial charge in [-0.05, 0) is 24.0 Å². The largest absolute Gasteiger partial charge is 0.307 e. The second-order valence-electron chi connectivity index (χ2n) is 4.36. The second-order valence-corrected chi connectivity index (χ2v) is 4.36. The van der Waals surface area contributed by atoms with E-state index in [2.05, 4.69) is 27.7 Å². The number of nitrogens with zero attached hydrogens (tertiary/aromatic N) is 4. The average Bonchev–Trinajstić information content (AvgIpc) is 2.95. The summed E-state index contributed by atoms with van der Waals surface area (Å²) in [5, 5.41) is 15.4. The molecule has 5 nitrogen and oxygen atoms in total. The van der Waals surface area contributed by atoms with Crippen molar-refractivity contribution in [2.24, 2.45) is 13.0 Å². The number of rotatable bonds is 6. The molecule has 1 aliphatic carbocycles. The maximum Gasteiger partial charge on any atom is 0.188 e. The Hall–Kier alpha value is -0.970. The van der Waals surface area contributed by atoms with Crippen LogP contribution < -0.4 is 5.32 Å². The third-order valence-electron chi connectivity index (χ3n) is 2.91. The Morgan fingerprint density at radius 3 is 2.87 bits per heavy atom. The average molecular weight is 209 g/mol. The van der Waals surface area contributed by atoms with Crippen LogP contribution in [-0.2, 0) is 13.6 Å². The quantitative estimate of drug-likeness (QED) is 0.755. The molecule has 1 saturated carbocycles. The molecule has 1 aromatic rings. The molecule has 1 fully saturated rings. The van der Waals surface area contributed by atoms with Crippen LogP contribution in [0.25, 0.3) is 0 Å². The van der Waals surface area contributed by atoms with Gasteiger partial charge in [-0.15, -0.1) is 10.2 Å². The summed E-state index contributed by atoms with van der Waals surface area (Å²) >= 11 is 0. The SMILES string of the molecule is CCC(CC1CC1)NCc1nnn(C)n1. The third-order valence-corrected chi connectivity index (χ3v) is 2.91. The van der Waals surface area contributed by atoms with Crippen molar-refractivity contribution in [1.82, 2.24) is 25.5 Å². The molecule has 0 aliphatic heterocycles. The number of nitrogens with one attached hydrogen (secondary N) is 1. The molecule has 0 saturated heterocycles. The summed E-state index contributed by atoms with van der Waals surface area (Å²) in [7, 11) is 1.79. The minimum Gasteiger partial charge on any atom is -0.307 e. The maximum atomic E-state index is 4.14. The standard InChI is InChI=1S/C10H19N5/c1-3-9(6-8-4-5-8)11-7-10-12-14-15(2)13-10/h8-9,11H,3-7H2,1-2H3. The predicted octanol–water partition coefficient (Wildman–Crippen LogP) is 0.878. The first-order valence-corrected chi connectivity index (χ1v) is 5.74. The lowest BCUT2D eigenvalue weighted by Gasteiger charge is -2.14. The van der Waals surface area contributed by atoms with Gasteiger partial charge in [0.25, 0.3) is 0 Å². The molecule has 1 N–H and O–H groups in total. The zero-order chi connectivity index (χ0) is 10.7. The van der Waals surface area contributed by atoms with Gasteiger partial charge in [0.15, 0.2) is 5.82 Å². The fourth-order valence-corrected chi connectivity index (χ4v) is 1.78. The summed E-state index contributed by atoms with van der Waals surface area (Å²) in [6.45, 7) is 2.96. The van der Waals surface area contributed by atoms with Crippen molar-refractivity contribution in [2.45, 2.75) is 45.2 Å². The normalized spacial score (nSPS) is 18.0. The van der Waals surface area contributed by atoms with Gasteiger partial charge >= 0.3 is 0 Å². The van der Waals surface area contributed by atoms with E-state index in [1.165, 1.54) is 30.5 Å². The summed E-state index contributed by atoms with van der Waals surface area (Å²) in [5.41, 5.74) is 0. The molecule has 0 spiro atoms. The number of tetrazole rings is 1. The Morgan fingerprint density at radius 2 is 2.33 bits per heavy atom. The van der Waals surface area contributed by atoms with Gasteiger partial charge in [-0.1, -0.05) is 19.8 Å². The van der Waals surface area contributed by atoms with E-state index in [1.54, 1.807) is 7.05 Å². The highest BCUT2D eigenvalue weighted by Crippen LogP contribution is 2.33. The Bertz CT molecular complexity index is 305. The summed E-state index contributed by atoms with van der Waals surface area (Å²) in [5.74, 6) is 1.75. The van der Waals surface area contributed by atoms with Gasteiger partial charge < -0.3 is 5.32 Å². The molecule has 0 bridgehead atoms. The van der Waals surface area contributed by atoms with Crippen molar-refractivity contribution in [3.8, 4) is 0 Å². The fraction of sp³-hybridized carbons (Fsp3) is 0.900. The summed E-state index contributed by atoms with van der Waals surface area (Å²) < 4.78 is 0. The van der Waals surface area contributed by atoms with Crippen LogP contribution in [0.3, 0.4) is 0 Å². The van der Waals surface area contributed by atoms with Crippen LogP contribution in [0.1, 0.15) is 38.4 Å². The fourth-order valence-electron chi connectivity index (χ4n) is 1.78. The van der Waals surface area contributed by atoms with Gasteiger partial charge in [0.1, 0.15) is 0 Å². The molecule has 0 aromatic carbocycles. The molecule has 1 unspecified atom stereocenters. The first-order valence-electron chi connectivity index (χ1n) is 5.74. The molecule has 2 rings (SSSR count). The van der Waals surface area contributed by atoms with Crippen molar-refractivity contribution in [3.05, 3.63) is 5.82 Å². The zero-order valence-electron chi connectivity index (χ0n) is 9.48. The zero-order valence-corrected chi connectivity index (χ0v) is 9.48. The van der Waals surface area contributed by atoms with Crippen molar-refractivity contribution in [1.29, 1.82) is 0 Å². The molecule has 84 valence electrons. The van der Waals surface area contributed by atoms with Crippen LogP contribution in [0.2, 0.25) is 0 Å². The predicted molar refractivity (Wildman–Crippen MR) is 57.1 cm³/mol. The van der Waals surface area contributed by atoms with Gasteiger partial charge in [-0.25, -0.2) is 0 Å². The molecular formula is C10H19N5. The van der Waals surface area contributed by atoms with Crippen LogP contribution in [-0.4, -0.2) is 26.2 Å². The van der Waals surface area contributed by atoms with E-state index in [1.807, 2.05) is 0 Å². The Labute approximate surface area is 90.2 Å². The lowest BCUT2D eigenvalue weighted by atomic mass is 10.1. The van der Waals surface area contributed by atoms with Gasteiger partial charge in [0.05, 0.1) is 13.6 Å². The van der Waals surface area contributed by atoms with Crippen molar-refractivity contribution >= 4 is 0 Å². The van der Waals surface area contributed by atoms with E-state index >= 15 is 0 Å². The molecule has 5 heteroatoms. The van der Waals surface area contributed by atoms with Gasteiger partial charge in [-0.3, -0.25) is 0 Å². The molecule has 1 heterocycles. The van der Waals surface area contributed by atoms with E-state index in [0.717, 1.165) is 18.3 Å². The first kappa shape index (κ1) is 10.5. The van der Waals surface area contributed by atoms with Crippen molar-refractivity contribution < 1.29 is 0 Å². The van der Waals surface area contributed by atoms with Gasteiger partial charge in [-0.2, -0.15) is 4.80 Å². The molecule has 1 atom stereocenters. The van der Waals surface area contributed by atoms with E-state index in [0.29, 0.717) is 6.04 Å². The van der Waals surface area contributed by atoms with E-state index in [9.17, 15) is 0 Å². The minimum atomic E-state index is 0.612. The number of hydrogen-bond acceptors (Lipinski definition) is 4. The molecule has 15 heavy (non-hydrogen) atoms. The van der Waals surface area contributed by atoms with Crippen LogP contribution in [0, 0.1) is 5.92 Å². The van der Waals surface area contributed by atoms with Crippen LogP contribution in [0.4, 0.5) is 0 Å². The summed E-state index contributed by atoms with van der Waals surface area (Å²) in [6, 6.07) is 0.612. The van der Waals surface area contributed by atoms with Gasteiger partial charge in [0.2, 0.25) is 0 Å². The minimum absolute atomic E-state index is 0.612. The maximum absolute atomic E-state index is 4.14. The van der Waals surface area contributed by atoms with Crippen LogP contribution in [0.15, 0.2) is 0 Å². The first-order chi connectivity index (χ1) is 7.28. The highest BCUT2D eigenvalue weighted by Gasteiger charge is 2.24. The third kappa shape index (κ3) is 3.27. The molecular weight excluding hydrogens is 190 g/mol. The highest BCUT2D eigenvalue weighted by molar-refractivity contribution is 4.82. The van der Waals surface area contributed by atoms with Crippen LogP contribution in [0.5, 0.6) is 0 Å². The van der Waals surface area contributed by atoms with E-state index in [-0.39, 0.29) is 0 Å². The molecule has 0 radical (unpaired) electrons. The Kier molecular flexibility index (Phi) is 3.30. The molecule has 0 amide bonds. The summed E-state index contributed by atoms with van der Waals surface area (Å²) in [4.78, 5) is 1.50. The Morgan fingerprint density at radius 1 is 1.53 bits per heavy atom. The smallest absolute Gasteiger partial charge is 0.188 e. The van der Waals surface area contributed by atoms with Crippen molar-refractivity contribution in [2.75, 3.05) is 0 Å². The van der Waals surface area contributed by atoms with Crippen LogP contribution >= 0.6 is 0 Å². The topological polar surface area (TPSA) is 55.6 Å². The second kappa shape index (κ2) is 4.70. The monoisotopic (exact) mass is 209 g/mol. The van der Waals surface area contributed by atoms with E-state index in [4.69, 9.17) is 0 Å². The number of aryl methyl sites for hydroxylation is 1. The number of aromatic nitrogens is 4. The molecule has 1 aromatic heterocycles. The lowest BCUT2D eigenvalue weighted by molar-refractivity contribution is 0.438. The number of hydrogen-bond donors (Lipinski definition) is 1. The highest BCUT2D eigenvalue weighted by atomic mass is 15.6. The van der Waals surface area contributed by atoms with E-state index < -0.39 is 0 Å². The molecule has 1 aliphatic rings. The van der Waals surface area contributed by atoms with Gasteiger partial charge in [0, 0.05) is 6.04 Å². The van der Waals surface area contributed by atoms with Crippen molar-refractivity contribution in [3.63, 3.8) is 0 Å². The lowest BCUT2D eigenvalue weighted by Crippen LogP contribution is -2.28. The Balaban J connectivity index is 1.74. The summed E-state index contributed by atoms with van der Waals surface area (Å²) in [6.07, 6.45) is 5.32.